The molecule has 0 aliphatic rings. The van der Waals surface area contributed by atoms with Crippen LogP contribution in [0.2, 0.25) is 0 Å². The Morgan fingerprint density at radius 1 is 0.625 bits per heavy atom. The second-order valence-electron chi connectivity index (χ2n) is 14.8. The van der Waals surface area contributed by atoms with E-state index in [0.29, 0.717) is 6.61 Å². The van der Waals surface area contributed by atoms with E-state index in [1.54, 1.807) is 0 Å². The van der Waals surface area contributed by atoms with E-state index in [-0.39, 0.29) is 18.0 Å². The van der Waals surface area contributed by atoms with Gasteiger partial charge < -0.3 is 18.9 Å². The normalized spacial score (nSPS) is 12.3. The number of hydrogen-bond donors (Lipinski definition) is 1. The molecule has 0 saturated heterocycles. The lowest BCUT2D eigenvalue weighted by atomic mass is 9.96. The van der Waals surface area contributed by atoms with Gasteiger partial charge in [-0.15, -0.1) is 0 Å². The standard InChI is InChI=1S/C43H45O4S.CHF3O3S/c1-42(2,3)46-33-16-13-18-35(28-33)48(36-19-14-17-34(29-36)47-43(4,5)6)41-24-12-11-23-40(41)45-30-44-26-25-32-27-31-15-7-8-20-37(31)39-22-10-9-21-38(32)39;2-1(3,4)8(5,6)7/h7-24,27-29H,25-26,30H2,1-6H3;(H,5,6,7)/q+1;. The quantitative estimate of drug-likeness (QED) is 0.0348. The minimum Gasteiger partial charge on any atom is -0.488 e. The largest absolute Gasteiger partial charge is 0.522 e. The van der Waals surface area contributed by atoms with Gasteiger partial charge in [0.2, 0.25) is 4.90 Å². The Bertz CT molecular complexity index is 2310. The number of alkyl halides is 3. The van der Waals surface area contributed by atoms with Gasteiger partial charge in [0.15, 0.2) is 22.3 Å². The lowest BCUT2D eigenvalue weighted by molar-refractivity contribution is -0.0510. The van der Waals surface area contributed by atoms with Crippen molar-refractivity contribution in [3.05, 3.63) is 133 Å². The van der Waals surface area contributed by atoms with Crippen molar-refractivity contribution in [3.8, 4) is 17.2 Å². The molecule has 0 unspecified atom stereocenters. The first-order chi connectivity index (χ1) is 26.3. The van der Waals surface area contributed by atoms with Crippen molar-refractivity contribution < 1.29 is 45.1 Å². The molecular formula is C44H46F3O7S2+. The molecule has 0 heterocycles. The van der Waals surface area contributed by atoms with Crippen molar-refractivity contribution in [1.82, 2.24) is 0 Å². The third-order valence-corrected chi connectivity index (χ3v) is 10.8. The van der Waals surface area contributed by atoms with Crippen molar-refractivity contribution in [2.45, 2.75) is 79.4 Å². The van der Waals surface area contributed by atoms with Crippen LogP contribution in [0.25, 0.3) is 21.5 Å². The van der Waals surface area contributed by atoms with Crippen LogP contribution in [0.1, 0.15) is 47.1 Å². The van der Waals surface area contributed by atoms with E-state index in [4.69, 9.17) is 31.9 Å². The zero-order valence-corrected chi connectivity index (χ0v) is 33.7. The van der Waals surface area contributed by atoms with E-state index in [1.165, 1.54) is 27.1 Å². The molecule has 0 aromatic heterocycles. The smallest absolute Gasteiger partial charge is 0.488 e. The second-order valence-corrected chi connectivity index (χ2v) is 18.2. The molecule has 0 radical (unpaired) electrons. The maximum Gasteiger partial charge on any atom is 0.522 e. The Labute approximate surface area is 329 Å². The van der Waals surface area contributed by atoms with Gasteiger partial charge in [-0.25, -0.2) is 0 Å². The Kier molecular flexibility index (Phi) is 13.3. The number of benzene rings is 6. The van der Waals surface area contributed by atoms with Crippen LogP contribution in [0.4, 0.5) is 13.2 Å². The van der Waals surface area contributed by atoms with Crippen LogP contribution in [0.3, 0.4) is 0 Å². The van der Waals surface area contributed by atoms with Crippen molar-refractivity contribution in [3.63, 3.8) is 0 Å². The number of rotatable bonds is 11. The predicted octanol–water partition coefficient (Wildman–Crippen LogP) is 11.4. The Balaban J connectivity index is 0.000000677. The van der Waals surface area contributed by atoms with Gasteiger partial charge in [-0.2, -0.15) is 21.6 Å². The molecule has 0 aliphatic carbocycles. The fourth-order valence-electron chi connectivity index (χ4n) is 5.85. The van der Waals surface area contributed by atoms with E-state index < -0.39 is 26.5 Å². The maximum absolute atomic E-state index is 10.7. The summed E-state index contributed by atoms with van der Waals surface area (Å²) < 4.78 is 82.7. The van der Waals surface area contributed by atoms with Gasteiger partial charge in [-0.05, 0) is 111 Å². The molecule has 6 aromatic rings. The van der Waals surface area contributed by atoms with Crippen LogP contribution in [0.5, 0.6) is 17.2 Å². The molecular weight excluding hydrogens is 762 g/mol. The first-order valence-electron chi connectivity index (χ1n) is 17.8. The molecule has 0 atom stereocenters. The summed E-state index contributed by atoms with van der Waals surface area (Å²) in [7, 11) is -6.35. The minimum absolute atomic E-state index is 0.153. The topological polar surface area (TPSA) is 91.3 Å². The molecule has 1 N–H and O–H groups in total. The summed E-state index contributed by atoms with van der Waals surface area (Å²) in [6, 6.07) is 44.5. The van der Waals surface area contributed by atoms with Crippen LogP contribution in [0.15, 0.2) is 142 Å². The van der Waals surface area contributed by atoms with Gasteiger partial charge in [0, 0.05) is 12.1 Å². The number of para-hydroxylation sites is 1. The highest BCUT2D eigenvalue weighted by molar-refractivity contribution is 7.97. The van der Waals surface area contributed by atoms with Crippen molar-refractivity contribution >= 4 is 42.6 Å². The number of ether oxygens (including phenoxy) is 4. The lowest BCUT2D eigenvalue weighted by Gasteiger charge is -2.22. The van der Waals surface area contributed by atoms with Gasteiger partial charge in [-0.3, -0.25) is 4.55 Å². The Morgan fingerprint density at radius 3 is 1.68 bits per heavy atom. The second kappa shape index (κ2) is 17.6. The number of fused-ring (bicyclic) bond motifs is 3. The van der Waals surface area contributed by atoms with E-state index in [9.17, 15) is 13.2 Å². The third-order valence-electron chi connectivity index (χ3n) is 7.96. The Morgan fingerprint density at radius 2 is 1.12 bits per heavy atom. The molecule has 0 saturated carbocycles. The Hall–Kier alpha value is -4.75. The summed E-state index contributed by atoms with van der Waals surface area (Å²) in [6.45, 7) is 13.1. The summed E-state index contributed by atoms with van der Waals surface area (Å²) in [5, 5.41) is 5.07. The highest BCUT2D eigenvalue weighted by atomic mass is 32.2. The summed E-state index contributed by atoms with van der Waals surface area (Å²) in [5.41, 5.74) is -4.88. The number of hydrogen-bond acceptors (Lipinski definition) is 6. The lowest BCUT2D eigenvalue weighted by Crippen LogP contribution is -2.23. The molecule has 56 heavy (non-hydrogen) atoms. The molecule has 12 heteroatoms. The predicted molar refractivity (Wildman–Crippen MR) is 216 cm³/mol. The van der Waals surface area contributed by atoms with Crippen LogP contribution >= 0.6 is 0 Å². The van der Waals surface area contributed by atoms with E-state index >= 15 is 0 Å². The zero-order valence-electron chi connectivity index (χ0n) is 32.1. The number of halogens is 3. The highest BCUT2D eigenvalue weighted by Gasteiger charge is 2.44. The summed E-state index contributed by atoms with van der Waals surface area (Å²) >= 11 is 0. The molecule has 0 amide bonds. The summed E-state index contributed by atoms with van der Waals surface area (Å²) in [5.74, 6) is 2.46. The fourth-order valence-corrected chi connectivity index (χ4v) is 8.07. The minimum atomic E-state index is -5.84. The molecule has 0 spiro atoms. The summed E-state index contributed by atoms with van der Waals surface area (Å²) in [6.07, 6.45) is 0.794. The van der Waals surface area contributed by atoms with Crippen LogP contribution in [0, 0.1) is 0 Å². The van der Waals surface area contributed by atoms with E-state index in [2.05, 4.69) is 145 Å². The van der Waals surface area contributed by atoms with E-state index in [1.807, 2.05) is 24.3 Å². The van der Waals surface area contributed by atoms with Crippen molar-refractivity contribution in [1.29, 1.82) is 0 Å². The van der Waals surface area contributed by atoms with Gasteiger partial charge in [0.25, 0.3) is 0 Å². The SMILES string of the molecule is CC(C)(C)Oc1cccc([S+](c2cccc(OC(C)(C)C)c2)c2ccccc2OCOCCc2cc3ccccc3c3ccccc23)c1.O=S(=O)(O)C(F)(F)F. The molecule has 296 valence electrons. The van der Waals surface area contributed by atoms with Crippen LogP contribution in [-0.4, -0.2) is 43.1 Å². The summed E-state index contributed by atoms with van der Waals surface area (Å²) in [4.78, 5) is 3.33. The van der Waals surface area contributed by atoms with Crippen LogP contribution in [-0.2, 0) is 32.2 Å². The molecule has 0 bridgehead atoms. The van der Waals surface area contributed by atoms with Gasteiger partial charge in [0.1, 0.15) is 33.6 Å². The van der Waals surface area contributed by atoms with Crippen molar-refractivity contribution in [2.24, 2.45) is 0 Å². The molecule has 0 aliphatic heterocycles. The van der Waals surface area contributed by atoms with Crippen LogP contribution < -0.4 is 14.2 Å². The molecule has 7 nitrogen and oxygen atoms in total. The van der Waals surface area contributed by atoms with Gasteiger partial charge >= 0.3 is 15.6 Å². The van der Waals surface area contributed by atoms with E-state index in [0.717, 1.165) is 38.4 Å². The van der Waals surface area contributed by atoms with Crippen molar-refractivity contribution in [2.75, 3.05) is 13.4 Å². The first kappa shape index (κ1) is 42.4. The fraction of sp³-hybridized carbons (Fsp3) is 0.273. The average molecular weight is 808 g/mol. The molecule has 0 fully saturated rings. The molecule has 6 rings (SSSR count). The maximum atomic E-state index is 10.7. The van der Waals surface area contributed by atoms with Gasteiger partial charge in [0.05, 0.1) is 6.61 Å². The van der Waals surface area contributed by atoms with Gasteiger partial charge in [-0.1, -0.05) is 78.9 Å². The average Bonchev–Trinajstić information content (AvgIpc) is 3.10. The highest BCUT2D eigenvalue weighted by Crippen LogP contribution is 2.39. The third kappa shape index (κ3) is 11.6. The monoisotopic (exact) mass is 807 g/mol. The zero-order chi connectivity index (χ0) is 40.7. The molecule has 6 aromatic carbocycles. The first-order valence-corrected chi connectivity index (χ1v) is 20.5.